The summed E-state index contributed by atoms with van der Waals surface area (Å²) in [6.07, 6.45) is -4.56. The van der Waals surface area contributed by atoms with Gasteiger partial charge in [-0.1, -0.05) is 12.1 Å². The van der Waals surface area contributed by atoms with Gasteiger partial charge in [0, 0.05) is 5.56 Å². The number of aryl methyl sites for hydroxylation is 1. The first kappa shape index (κ1) is 14.9. The second-order valence-electron chi connectivity index (χ2n) is 4.35. The number of benzene rings is 1. The number of pyridine rings is 1. The molecule has 0 saturated heterocycles. The van der Waals surface area contributed by atoms with E-state index in [2.05, 4.69) is 4.98 Å². The van der Waals surface area contributed by atoms with E-state index >= 15 is 0 Å². The number of nitrogens with zero attached hydrogens (tertiary/aromatic N) is 2. The summed E-state index contributed by atoms with van der Waals surface area (Å²) in [6.45, 7) is 1.39. The number of aromatic nitrogens is 1. The van der Waals surface area contributed by atoms with Gasteiger partial charge in [-0.2, -0.15) is 18.4 Å². The molecule has 6 heteroatoms. The monoisotopic (exact) mass is 292 g/mol. The van der Waals surface area contributed by atoms with Crippen LogP contribution in [-0.2, 0) is 6.18 Å². The summed E-state index contributed by atoms with van der Waals surface area (Å²) in [5.41, 5.74) is -0.112. The number of hydrogen-bond donors (Lipinski definition) is 0. The van der Waals surface area contributed by atoms with E-state index in [9.17, 15) is 13.2 Å². The van der Waals surface area contributed by atoms with Crippen LogP contribution in [0.25, 0.3) is 11.1 Å². The van der Waals surface area contributed by atoms with E-state index in [1.807, 2.05) is 6.07 Å². The van der Waals surface area contributed by atoms with Crippen LogP contribution in [0.5, 0.6) is 5.75 Å². The summed E-state index contributed by atoms with van der Waals surface area (Å²) < 4.78 is 43.6. The fraction of sp³-hybridized carbons (Fsp3) is 0.200. The highest BCUT2D eigenvalue weighted by Gasteiger charge is 2.34. The van der Waals surface area contributed by atoms with Crippen molar-refractivity contribution in [2.75, 3.05) is 7.11 Å². The van der Waals surface area contributed by atoms with Crippen LogP contribution in [0.3, 0.4) is 0 Å². The summed E-state index contributed by atoms with van der Waals surface area (Å²) in [4.78, 5) is 3.46. The average Bonchev–Trinajstić information content (AvgIpc) is 2.45. The molecule has 0 N–H and O–H groups in total. The van der Waals surface area contributed by atoms with Crippen molar-refractivity contribution in [2.45, 2.75) is 13.1 Å². The summed E-state index contributed by atoms with van der Waals surface area (Å²) in [5, 5.41) is 9.16. The molecule has 0 fully saturated rings. The summed E-state index contributed by atoms with van der Waals surface area (Å²) in [7, 11) is 1.49. The molecule has 0 atom stereocenters. The highest BCUT2D eigenvalue weighted by Crippen LogP contribution is 2.34. The largest absolute Gasteiger partial charge is 0.497 e. The van der Waals surface area contributed by atoms with Crippen molar-refractivity contribution in [2.24, 2.45) is 0 Å². The summed E-state index contributed by atoms with van der Waals surface area (Å²) in [6, 6.07) is 9.27. The van der Waals surface area contributed by atoms with Crippen molar-refractivity contribution in [1.29, 1.82) is 5.26 Å². The number of ether oxygens (including phenoxy) is 1. The molecular weight excluding hydrogens is 281 g/mol. The van der Waals surface area contributed by atoms with Crippen molar-refractivity contribution >= 4 is 0 Å². The van der Waals surface area contributed by atoms with Gasteiger partial charge in [-0.15, -0.1) is 0 Å². The van der Waals surface area contributed by atoms with Gasteiger partial charge in [0.1, 0.15) is 17.5 Å². The van der Waals surface area contributed by atoms with Crippen molar-refractivity contribution in [3.8, 4) is 22.9 Å². The van der Waals surface area contributed by atoms with Gasteiger partial charge in [0.2, 0.25) is 0 Å². The molecule has 0 bridgehead atoms. The van der Waals surface area contributed by atoms with Gasteiger partial charge in [0.25, 0.3) is 0 Å². The first-order valence-electron chi connectivity index (χ1n) is 6.00. The van der Waals surface area contributed by atoms with E-state index in [0.717, 1.165) is 6.07 Å². The molecule has 0 aliphatic heterocycles. The number of rotatable bonds is 2. The molecule has 1 aromatic carbocycles. The fourth-order valence-corrected chi connectivity index (χ4v) is 1.96. The first-order valence-corrected chi connectivity index (χ1v) is 6.00. The van der Waals surface area contributed by atoms with Crippen LogP contribution in [-0.4, -0.2) is 12.1 Å². The minimum absolute atomic E-state index is 0.0538. The van der Waals surface area contributed by atoms with Crippen molar-refractivity contribution in [3.05, 3.63) is 47.3 Å². The van der Waals surface area contributed by atoms with Crippen LogP contribution in [0, 0.1) is 18.3 Å². The highest BCUT2D eigenvalue weighted by molar-refractivity contribution is 5.72. The lowest BCUT2D eigenvalue weighted by Gasteiger charge is -2.12. The molecule has 1 aromatic heterocycles. The van der Waals surface area contributed by atoms with Crippen molar-refractivity contribution in [1.82, 2.24) is 4.98 Å². The maximum Gasteiger partial charge on any atom is 0.433 e. The summed E-state index contributed by atoms with van der Waals surface area (Å²) >= 11 is 0. The van der Waals surface area contributed by atoms with E-state index in [1.54, 1.807) is 24.3 Å². The Kier molecular flexibility index (Phi) is 3.85. The van der Waals surface area contributed by atoms with E-state index in [0.29, 0.717) is 11.3 Å². The van der Waals surface area contributed by atoms with Gasteiger partial charge in [0.05, 0.1) is 18.4 Å². The molecule has 0 unspecified atom stereocenters. The maximum absolute atomic E-state index is 12.9. The van der Waals surface area contributed by atoms with Crippen LogP contribution >= 0.6 is 0 Å². The van der Waals surface area contributed by atoms with Gasteiger partial charge < -0.3 is 4.74 Å². The molecule has 0 radical (unpaired) electrons. The smallest absolute Gasteiger partial charge is 0.433 e. The molecule has 0 aliphatic rings. The molecular formula is C15H11F3N2O. The van der Waals surface area contributed by atoms with Gasteiger partial charge in [-0.25, -0.2) is 4.98 Å². The van der Waals surface area contributed by atoms with E-state index in [4.69, 9.17) is 10.00 Å². The predicted octanol–water partition coefficient (Wildman–Crippen LogP) is 3.96. The van der Waals surface area contributed by atoms with Crippen LogP contribution < -0.4 is 4.74 Å². The third-order valence-electron chi connectivity index (χ3n) is 3.00. The minimum atomic E-state index is -4.56. The molecule has 0 spiro atoms. The molecule has 2 rings (SSSR count). The number of halogens is 3. The average molecular weight is 292 g/mol. The number of methoxy groups -OCH3 is 1. The van der Waals surface area contributed by atoms with Crippen molar-refractivity contribution < 1.29 is 17.9 Å². The van der Waals surface area contributed by atoms with Crippen LogP contribution in [0.1, 0.15) is 17.0 Å². The quantitative estimate of drug-likeness (QED) is 0.841. The molecule has 0 amide bonds. The molecule has 108 valence electrons. The zero-order valence-electron chi connectivity index (χ0n) is 11.3. The molecule has 21 heavy (non-hydrogen) atoms. The Hall–Kier alpha value is -2.55. The first-order chi connectivity index (χ1) is 9.86. The molecule has 0 aliphatic carbocycles. The topological polar surface area (TPSA) is 45.9 Å². The molecule has 3 nitrogen and oxygen atoms in total. The van der Waals surface area contributed by atoms with E-state index in [-0.39, 0.29) is 16.8 Å². The van der Waals surface area contributed by atoms with Gasteiger partial charge >= 0.3 is 6.18 Å². The number of nitriles is 1. The molecule has 1 heterocycles. The lowest BCUT2D eigenvalue weighted by molar-refractivity contribution is -0.141. The highest BCUT2D eigenvalue weighted by atomic mass is 19.4. The number of alkyl halides is 3. The minimum Gasteiger partial charge on any atom is -0.497 e. The summed E-state index contributed by atoms with van der Waals surface area (Å²) in [5.74, 6) is 0.582. The van der Waals surface area contributed by atoms with E-state index in [1.165, 1.54) is 14.0 Å². The zero-order valence-corrected chi connectivity index (χ0v) is 11.3. The molecule has 0 saturated carbocycles. The zero-order chi connectivity index (χ0) is 15.6. The number of hydrogen-bond acceptors (Lipinski definition) is 3. The Balaban J connectivity index is 2.65. The Morgan fingerprint density at radius 3 is 2.29 bits per heavy atom. The Morgan fingerprint density at radius 1 is 1.19 bits per heavy atom. The second-order valence-corrected chi connectivity index (χ2v) is 4.35. The van der Waals surface area contributed by atoms with Gasteiger partial charge in [-0.3, -0.25) is 0 Å². The Bertz CT molecular complexity index is 701. The Morgan fingerprint density at radius 2 is 1.81 bits per heavy atom. The lowest BCUT2D eigenvalue weighted by atomic mass is 9.98. The SMILES string of the molecule is COc1ccc(-c2cc(C(F)(F)F)nc(C)c2C#N)cc1. The van der Waals surface area contributed by atoms with E-state index < -0.39 is 11.9 Å². The lowest BCUT2D eigenvalue weighted by Crippen LogP contribution is -2.10. The molecule has 2 aromatic rings. The van der Waals surface area contributed by atoms with Gasteiger partial charge in [-0.05, 0) is 30.7 Å². The predicted molar refractivity (Wildman–Crippen MR) is 70.7 cm³/mol. The van der Waals surface area contributed by atoms with Crippen LogP contribution in [0.2, 0.25) is 0 Å². The third kappa shape index (κ3) is 2.97. The standard InChI is InChI=1S/C15H11F3N2O/c1-9-13(8-19)12(7-14(20-9)15(16,17)18)10-3-5-11(21-2)6-4-10/h3-7H,1-2H3. The fourth-order valence-electron chi connectivity index (χ4n) is 1.96. The van der Waals surface area contributed by atoms with Gasteiger partial charge in [0.15, 0.2) is 0 Å². The second kappa shape index (κ2) is 5.44. The van der Waals surface area contributed by atoms with Crippen molar-refractivity contribution in [3.63, 3.8) is 0 Å². The van der Waals surface area contributed by atoms with Crippen LogP contribution in [0.15, 0.2) is 30.3 Å². The Labute approximate surface area is 119 Å². The normalized spacial score (nSPS) is 11.0. The van der Waals surface area contributed by atoms with Crippen LogP contribution in [0.4, 0.5) is 13.2 Å². The maximum atomic E-state index is 12.9. The third-order valence-corrected chi connectivity index (χ3v) is 3.00.